The Bertz CT molecular complexity index is 1900. The van der Waals surface area contributed by atoms with Crippen molar-refractivity contribution in [1.82, 2.24) is 29.2 Å². The molecular formula is C35H45N7O14S. The third-order valence-corrected chi connectivity index (χ3v) is 9.24. The smallest absolute Gasteiger partial charge is 0.323 e. The van der Waals surface area contributed by atoms with Crippen LogP contribution in [0.4, 0.5) is 5.69 Å². The van der Waals surface area contributed by atoms with Crippen molar-refractivity contribution in [3.05, 3.63) is 72.1 Å². The first-order chi connectivity index (χ1) is 27.1. The Morgan fingerprint density at radius 3 is 2.05 bits per heavy atom. The van der Waals surface area contributed by atoms with Crippen molar-refractivity contribution in [1.29, 1.82) is 0 Å². The number of amides is 2. The number of aromatic nitrogens is 3. The van der Waals surface area contributed by atoms with E-state index < -0.39 is 71.8 Å². The van der Waals surface area contributed by atoms with Crippen molar-refractivity contribution in [2.45, 2.75) is 70.2 Å². The molecule has 2 aromatic heterocycles. The molecule has 0 radical (unpaired) electrons. The summed E-state index contributed by atoms with van der Waals surface area (Å²) in [5, 5.41) is 40.0. The fourth-order valence-electron chi connectivity index (χ4n) is 6.02. The van der Waals surface area contributed by atoms with E-state index in [4.69, 9.17) is 4.74 Å². The Kier molecular flexibility index (Phi) is 17.7. The number of nitrogens with zero attached hydrogens (tertiary/aromatic N) is 5. The minimum absolute atomic E-state index is 0.0316. The number of ether oxygens (including phenoxy) is 1. The first-order valence-electron chi connectivity index (χ1n) is 17.5. The molecule has 0 fully saturated rings. The van der Waals surface area contributed by atoms with Crippen LogP contribution in [0.15, 0.2) is 55.0 Å². The molecule has 0 aliphatic rings. The average Bonchev–Trinajstić information content (AvgIpc) is 3.76. The van der Waals surface area contributed by atoms with Crippen molar-refractivity contribution in [3.8, 4) is 0 Å². The van der Waals surface area contributed by atoms with Gasteiger partial charge in [-0.15, -0.1) is 0 Å². The highest BCUT2D eigenvalue weighted by atomic mass is 32.2. The standard InChI is InChI=1S/C35H45N7O14S/c43-24-56-17-12-35(10-7-31(46)47,11-8-32(48)49)37-29(44)20-40-14-1-2-27(40)18-39(15-9-25-3-5-26(6-4-25)38-57(54)55)19-28-36-13-16-41(28)21-30(45)42(22-33(50)51)23-34(52)53/h1-6,13-14,16,24,57H,7-12,15,17-23H2,(H,37,44)(H,46,47)(H,48,49)(H,50,51)(H,52,53)(H,38,54,55). The van der Waals surface area contributed by atoms with E-state index in [1.807, 2.05) is 4.90 Å². The highest BCUT2D eigenvalue weighted by Gasteiger charge is 2.33. The maximum atomic E-state index is 13.6. The molecule has 0 unspecified atom stereocenters. The van der Waals surface area contributed by atoms with Gasteiger partial charge in [-0.3, -0.25) is 43.2 Å². The van der Waals surface area contributed by atoms with E-state index in [-0.39, 0.29) is 64.8 Å². The first-order valence-corrected chi connectivity index (χ1v) is 18.6. The van der Waals surface area contributed by atoms with E-state index in [9.17, 15) is 62.4 Å². The lowest BCUT2D eigenvalue weighted by Gasteiger charge is -2.34. The molecule has 0 saturated carbocycles. The molecule has 3 aromatic rings. The molecule has 22 heteroatoms. The molecule has 0 saturated heterocycles. The molecule has 57 heavy (non-hydrogen) atoms. The molecule has 2 amide bonds. The second-order valence-corrected chi connectivity index (χ2v) is 13.7. The third kappa shape index (κ3) is 16.1. The molecule has 1 aromatic carbocycles. The molecule has 21 nitrogen and oxygen atoms in total. The number of anilines is 1. The molecule has 0 aliphatic heterocycles. The van der Waals surface area contributed by atoms with Crippen LogP contribution in [0.2, 0.25) is 0 Å². The van der Waals surface area contributed by atoms with Crippen LogP contribution in [0.1, 0.15) is 49.2 Å². The van der Waals surface area contributed by atoms with Crippen LogP contribution < -0.4 is 10.0 Å². The highest BCUT2D eigenvalue weighted by Crippen LogP contribution is 2.25. The minimum atomic E-state index is -2.85. The van der Waals surface area contributed by atoms with Gasteiger partial charge in [0, 0.05) is 67.9 Å². The van der Waals surface area contributed by atoms with Crippen molar-refractivity contribution < 1.29 is 67.1 Å². The number of benzene rings is 1. The zero-order chi connectivity index (χ0) is 42.0. The van der Waals surface area contributed by atoms with Gasteiger partial charge in [0.15, 0.2) is 0 Å². The van der Waals surface area contributed by atoms with Gasteiger partial charge in [0.2, 0.25) is 22.7 Å². The van der Waals surface area contributed by atoms with Crippen LogP contribution in [0.25, 0.3) is 0 Å². The van der Waals surface area contributed by atoms with E-state index in [0.717, 1.165) is 5.56 Å². The van der Waals surface area contributed by atoms with Crippen LogP contribution in [-0.4, -0.2) is 127 Å². The molecule has 0 spiro atoms. The van der Waals surface area contributed by atoms with Crippen molar-refractivity contribution in [2.24, 2.45) is 0 Å². The number of hydrogen-bond donors (Lipinski definition) is 7. The lowest BCUT2D eigenvalue weighted by Crippen LogP contribution is -2.51. The van der Waals surface area contributed by atoms with Crippen LogP contribution in [0.3, 0.4) is 0 Å². The summed E-state index contributed by atoms with van der Waals surface area (Å²) in [7, 11) is -2.85. The zero-order valence-corrected chi connectivity index (χ0v) is 31.6. The van der Waals surface area contributed by atoms with E-state index >= 15 is 0 Å². The molecule has 0 atom stereocenters. The Labute approximate surface area is 327 Å². The SMILES string of the molecule is O=COCCC(CCC(=O)O)(CCC(=O)O)NC(=O)Cn1cccc1CN(CCc1ccc(N[SH](=O)=O)cc1)Cc1nccn1CC(=O)N(CC(=O)O)CC(=O)O. The number of rotatable bonds is 28. The summed E-state index contributed by atoms with van der Waals surface area (Å²) in [5.41, 5.74) is 0.540. The van der Waals surface area contributed by atoms with E-state index in [1.54, 1.807) is 47.2 Å². The number of imidazole rings is 1. The molecular weight excluding hydrogens is 774 g/mol. The van der Waals surface area contributed by atoms with E-state index in [1.165, 1.54) is 17.0 Å². The molecule has 0 aliphatic carbocycles. The molecule has 0 bridgehead atoms. The van der Waals surface area contributed by atoms with Gasteiger partial charge < -0.3 is 44.5 Å². The van der Waals surface area contributed by atoms with E-state index in [2.05, 4.69) is 15.0 Å². The second-order valence-electron chi connectivity index (χ2n) is 13.0. The van der Waals surface area contributed by atoms with Crippen LogP contribution in [-0.2, 0) is 81.8 Å². The number of hydrogen-bond acceptors (Lipinski definition) is 12. The van der Waals surface area contributed by atoms with Crippen LogP contribution >= 0.6 is 0 Å². The van der Waals surface area contributed by atoms with Gasteiger partial charge >= 0.3 is 23.9 Å². The quantitative estimate of drug-likeness (QED) is 0.0288. The van der Waals surface area contributed by atoms with Crippen molar-refractivity contribution in [3.63, 3.8) is 0 Å². The number of carboxylic acids is 4. The fraction of sp³-hybridized carbons (Fsp3) is 0.429. The van der Waals surface area contributed by atoms with Gasteiger partial charge in [-0.1, -0.05) is 12.1 Å². The number of carbonyl (C=O) groups is 7. The van der Waals surface area contributed by atoms with Gasteiger partial charge in [0.05, 0.1) is 13.2 Å². The van der Waals surface area contributed by atoms with Gasteiger partial charge in [0.1, 0.15) is 32.0 Å². The summed E-state index contributed by atoms with van der Waals surface area (Å²) in [5.74, 6) is -6.05. The number of carboxylic acid groups (broad SMARTS) is 4. The van der Waals surface area contributed by atoms with Crippen LogP contribution in [0.5, 0.6) is 0 Å². The summed E-state index contributed by atoms with van der Waals surface area (Å²) in [4.78, 5) is 90.0. The number of thiol groups is 1. The second kappa shape index (κ2) is 22.3. The summed E-state index contributed by atoms with van der Waals surface area (Å²) in [6.07, 6.45) is 3.96. The Hall–Kier alpha value is -6.29. The number of aliphatic carboxylic acids is 4. The average molecular weight is 820 g/mol. The number of nitrogens with one attached hydrogen (secondary N) is 2. The largest absolute Gasteiger partial charge is 0.481 e. The van der Waals surface area contributed by atoms with Crippen molar-refractivity contribution in [2.75, 3.05) is 31.0 Å². The lowest BCUT2D eigenvalue weighted by molar-refractivity contribution is -0.149. The Balaban J connectivity index is 1.87. The van der Waals surface area contributed by atoms with Crippen molar-refractivity contribution >= 4 is 58.7 Å². The highest BCUT2D eigenvalue weighted by molar-refractivity contribution is 7.73. The summed E-state index contributed by atoms with van der Waals surface area (Å²) in [6, 6.07) is 10.2. The minimum Gasteiger partial charge on any atom is -0.481 e. The molecule has 6 N–H and O–H groups in total. The molecule has 3 rings (SSSR count). The predicted molar refractivity (Wildman–Crippen MR) is 198 cm³/mol. The van der Waals surface area contributed by atoms with Gasteiger partial charge in [-0.2, -0.15) is 0 Å². The Morgan fingerprint density at radius 2 is 1.47 bits per heavy atom. The number of carbonyl (C=O) groups excluding carboxylic acids is 3. The maximum Gasteiger partial charge on any atom is 0.323 e. The summed E-state index contributed by atoms with van der Waals surface area (Å²) in [6.45, 7) is -1.60. The Morgan fingerprint density at radius 1 is 0.825 bits per heavy atom. The third-order valence-electron chi connectivity index (χ3n) is 8.80. The van der Waals surface area contributed by atoms with Gasteiger partial charge in [-0.05, 0) is 49.1 Å². The predicted octanol–water partition coefficient (Wildman–Crippen LogP) is 0.0133. The summed E-state index contributed by atoms with van der Waals surface area (Å²) >= 11 is 0. The van der Waals surface area contributed by atoms with Gasteiger partial charge in [0.25, 0.3) is 6.47 Å². The molecule has 2 heterocycles. The molecule has 310 valence electrons. The maximum absolute atomic E-state index is 13.6. The zero-order valence-electron chi connectivity index (χ0n) is 30.7. The topological polar surface area (TPSA) is 297 Å². The monoisotopic (exact) mass is 819 g/mol. The summed E-state index contributed by atoms with van der Waals surface area (Å²) < 4.78 is 32.4. The van der Waals surface area contributed by atoms with E-state index in [0.29, 0.717) is 35.1 Å². The first kappa shape index (κ1) is 45.1. The normalized spacial score (nSPS) is 11.3. The fourth-order valence-corrected chi connectivity index (χ4v) is 6.38. The van der Waals surface area contributed by atoms with Gasteiger partial charge in [-0.25, -0.2) is 13.4 Å². The lowest BCUT2D eigenvalue weighted by atomic mass is 9.85. The van der Waals surface area contributed by atoms with Crippen LogP contribution in [0, 0.1) is 0 Å².